The zero-order valence-electron chi connectivity index (χ0n) is 19.5. The number of halogens is 1. The first-order valence-corrected chi connectivity index (χ1v) is 11.5. The molecule has 0 saturated carbocycles. The minimum Gasteiger partial charge on any atom is -0.375 e. The molecule has 178 valence electrons. The topological polar surface area (TPSA) is 80.9 Å². The van der Waals surface area contributed by atoms with E-state index in [-0.39, 0.29) is 6.10 Å². The van der Waals surface area contributed by atoms with Crippen LogP contribution in [0.4, 0.5) is 15.9 Å². The monoisotopic (exact) mass is 473 g/mol. The smallest absolute Gasteiger partial charge is 0.257 e. The number of nitrogens with zero attached hydrogens (tertiary/aromatic N) is 7. The summed E-state index contributed by atoms with van der Waals surface area (Å²) in [6, 6.07) is 5.92. The van der Waals surface area contributed by atoms with Crippen LogP contribution in [0.5, 0.6) is 0 Å². The molecule has 35 heavy (non-hydrogen) atoms. The standard InChI is InChI=1S/C25H24FN7O2/c1-16-29-30-25-28-24(23-20(26)12-27-13-22(23)33(16)25)32-9-10-34-15-19-17(4-3-5-21(19)32)6-7-18-14-31(2)8-11-35-18/h3-5,12-13,18H,8-11,14-15H2,1-2H3. The molecule has 1 saturated heterocycles. The maximum atomic E-state index is 15.2. The molecule has 0 N–H and O–H groups in total. The molecule has 10 heteroatoms. The number of ether oxygens (including phenoxy) is 2. The predicted octanol–water partition coefficient (Wildman–Crippen LogP) is 2.47. The fourth-order valence-electron chi connectivity index (χ4n) is 4.66. The van der Waals surface area contributed by atoms with Crippen LogP contribution in [0.15, 0.2) is 30.6 Å². The van der Waals surface area contributed by atoms with Crippen LogP contribution in [0, 0.1) is 24.6 Å². The maximum Gasteiger partial charge on any atom is 0.257 e. The van der Waals surface area contributed by atoms with Crippen LogP contribution < -0.4 is 4.90 Å². The van der Waals surface area contributed by atoms with Crippen LogP contribution in [0.3, 0.4) is 0 Å². The Bertz CT molecular complexity index is 1490. The molecule has 1 aromatic carbocycles. The summed E-state index contributed by atoms with van der Waals surface area (Å²) in [4.78, 5) is 13.0. The van der Waals surface area contributed by atoms with E-state index >= 15 is 4.39 Å². The summed E-state index contributed by atoms with van der Waals surface area (Å²) in [6.07, 6.45) is 2.68. The predicted molar refractivity (Wildman–Crippen MR) is 128 cm³/mol. The van der Waals surface area contributed by atoms with Gasteiger partial charge in [0.1, 0.15) is 17.7 Å². The molecule has 0 spiro atoms. The van der Waals surface area contributed by atoms with Crippen molar-refractivity contribution >= 4 is 28.2 Å². The largest absolute Gasteiger partial charge is 0.375 e. The Labute approximate surface area is 201 Å². The number of hydrogen-bond acceptors (Lipinski definition) is 8. The number of likely N-dealkylation sites (N-methyl/N-ethyl adjacent to an activating group) is 1. The summed E-state index contributed by atoms with van der Waals surface area (Å²) in [6.45, 7) is 5.49. The van der Waals surface area contributed by atoms with Crippen molar-refractivity contribution < 1.29 is 13.9 Å². The van der Waals surface area contributed by atoms with Gasteiger partial charge in [0.05, 0.1) is 43.1 Å². The second kappa shape index (κ2) is 8.85. The summed E-state index contributed by atoms with van der Waals surface area (Å²) in [5.41, 5.74) is 3.23. The first-order valence-electron chi connectivity index (χ1n) is 11.5. The van der Waals surface area contributed by atoms with E-state index in [9.17, 15) is 0 Å². The number of aromatic nitrogens is 5. The Hall–Kier alpha value is -3.65. The van der Waals surface area contributed by atoms with Gasteiger partial charge in [-0.2, -0.15) is 4.98 Å². The number of fused-ring (bicyclic) bond motifs is 4. The number of pyridine rings is 1. The van der Waals surface area contributed by atoms with Crippen molar-refractivity contribution in [3.63, 3.8) is 0 Å². The molecule has 0 radical (unpaired) electrons. The van der Waals surface area contributed by atoms with E-state index in [2.05, 4.69) is 39.0 Å². The molecule has 0 aliphatic carbocycles. The van der Waals surface area contributed by atoms with Gasteiger partial charge in [0.25, 0.3) is 5.78 Å². The molecule has 9 nitrogen and oxygen atoms in total. The van der Waals surface area contributed by atoms with E-state index in [4.69, 9.17) is 14.5 Å². The number of rotatable bonds is 1. The second-order valence-electron chi connectivity index (χ2n) is 8.73. The van der Waals surface area contributed by atoms with Crippen LogP contribution in [0.25, 0.3) is 16.7 Å². The molecule has 4 aromatic rings. The van der Waals surface area contributed by atoms with Gasteiger partial charge in [-0.05, 0) is 26.1 Å². The molecule has 2 aliphatic heterocycles. The van der Waals surface area contributed by atoms with Crippen molar-refractivity contribution in [1.29, 1.82) is 0 Å². The average molecular weight is 474 g/mol. The molecule has 0 bridgehead atoms. The van der Waals surface area contributed by atoms with Crippen LogP contribution in [0.2, 0.25) is 0 Å². The van der Waals surface area contributed by atoms with E-state index in [0.29, 0.717) is 54.7 Å². The van der Waals surface area contributed by atoms with E-state index in [1.807, 2.05) is 23.1 Å². The van der Waals surface area contributed by atoms with Gasteiger partial charge in [-0.15, -0.1) is 10.2 Å². The Morgan fingerprint density at radius 2 is 2.06 bits per heavy atom. The zero-order chi connectivity index (χ0) is 23.9. The van der Waals surface area contributed by atoms with Gasteiger partial charge in [0.2, 0.25) is 0 Å². The first kappa shape index (κ1) is 21.9. The molecule has 3 aromatic heterocycles. The zero-order valence-corrected chi connectivity index (χ0v) is 19.5. The van der Waals surface area contributed by atoms with Gasteiger partial charge in [-0.1, -0.05) is 17.9 Å². The summed E-state index contributed by atoms with van der Waals surface area (Å²) in [5.74, 6) is 7.57. The minimum absolute atomic E-state index is 0.141. The van der Waals surface area contributed by atoms with Crippen LogP contribution in [0.1, 0.15) is 17.0 Å². The lowest BCUT2D eigenvalue weighted by Crippen LogP contribution is -2.39. The highest BCUT2D eigenvalue weighted by Gasteiger charge is 2.25. The van der Waals surface area contributed by atoms with Crippen molar-refractivity contribution in [2.75, 3.05) is 44.8 Å². The molecule has 1 unspecified atom stereocenters. The highest BCUT2D eigenvalue weighted by atomic mass is 19.1. The third-order valence-corrected chi connectivity index (χ3v) is 6.40. The number of benzene rings is 1. The van der Waals surface area contributed by atoms with Gasteiger partial charge >= 0.3 is 0 Å². The number of aryl methyl sites for hydroxylation is 1. The summed E-state index contributed by atoms with van der Waals surface area (Å²) < 4.78 is 28.7. The summed E-state index contributed by atoms with van der Waals surface area (Å²) in [7, 11) is 2.07. The van der Waals surface area contributed by atoms with E-state index in [1.165, 1.54) is 6.20 Å². The van der Waals surface area contributed by atoms with Crippen molar-refractivity contribution in [2.45, 2.75) is 19.6 Å². The number of morpholine rings is 1. The van der Waals surface area contributed by atoms with Gasteiger partial charge in [0.15, 0.2) is 5.82 Å². The maximum absolute atomic E-state index is 15.2. The molecular weight excluding hydrogens is 449 g/mol. The molecule has 1 atom stereocenters. The molecule has 1 fully saturated rings. The molecule has 2 aliphatic rings. The van der Waals surface area contributed by atoms with E-state index in [1.54, 1.807) is 17.5 Å². The molecule has 5 heterocycles. The molecular formula is C25H24FN7O2. The molecule has 6 rings (SSSR count). The molecule has 0 amide bonds. The highest BCUT2D eigenvalue weighted by Crippen LogP contribution is 2.36. The van der Waals surface area contributed by atoms with Gasteiger partial charge in [-0.3, -0.25) is 9.38 Å². The fourth-order valence-corrected chi connectivity index (χ4v) is 4.66. The second-order valence-corrected chi connectivity index (χ2v) is 8.73. The summed E-state index contributed by atoms with van der Waals surface area (Å²) >= 11 is 0. The SMILES string of the molecule is Cc1nnc2nc(N3CCOCc4c(C#CC5CN(C)CCO5)cccc43)c3c(F)cncc3n12. The van der Waals surface area contributed by atoms with Gasteiger partial charge < -0.3 is 19.3 Å². The van der Waals surface area contributed by atoms with Crippen LogP contribution >= 0.6 is 0 Å². The summed E-state index contributed by atoms with van der Waals surface area (Å²) in [5, 5.41) is 8.69. The van der Waals surface area contributed by atoms with E-state index < -0.39 is 5.82 Å². The van der Waals surface area contributed by atoms with Crippen molar-refractivity contribution in [2.24, 2.45) is 0 Å². The number of anilines is 2. The highest BCUT2D eigenvalue weighted by molar-refractivity contribution is 5.94. The van der Waals surface area contributed by atoms with Crippen molar-refractivity contribution in [3.8, 4) is 11.8 Å². The quantitative estimate of drug-likeness (QED) is 0.390. The normalized spacial score (nSPS) is 18.8. The lowest BCUT2D eigenvalue weighted by molar-refractivity contribution is 0.0121. The first-order chi connectivity index (χ1) is 17.1. The Morgan fingerprint density at radius 3 is 2.94 bits per heavy atom. The van der Waals surface area contributed by atoms with Crippen LogP contribution in [-0.4, -0.2) is 75.5 Å². The lowest BCUT2D eigenvalue weighted by atomic mass is 10.0. The minimum atomic E-state index is -0.457. The van der Waals surface area contributed by atoms with Crippen molar-refractivity contribution in [1.82, 2.24) is 29.5 Å². The van der Waals surface area contributed by atoms with E-state index in [0.717, 1.165) is 29.9 Å². The fraction of sp³-hybridized carbons (Fsp3) is 0.360. The third-order valence-electron chi connectivity index (χ3n) is 6.40. The van der Waals surface area contributed by atoms with Crippen molar-refractivity contribution in [3.05, 3.63) is 53.4 Å². The Balaban J connectivity index is 1.50. The van der Waals surface area contributed by atoms with Gasteiger partial charge in [0, 0.05) is 36.4 Å². The third kappa shape index (κ3) is 3.87. The average Bonchev–Trinajstić information content (AvgIpc) is 3.10. The lowest BCUT2D eigenvalue weighted by Gasteiger charge is -2.27. The number of hydrogen-bond donors (Lipinski definition) is 0. The van der Waals surface area contributed by atoms with Gasteiger partial charge in [-0.25, -0.2) is 4.39 Å². The van der Waals surface area contributed by atoms with Crippen LogP contribution in [-0.2, 0) is 16.1 Å². The Morgan fingerprint density at radius 1 is 1.14 bits per heavy atom. The Kier molecular flexibility index (Phi) is 5.53.